The van der Waals surface area contributed by atoms with E-state index in [1.807, 2.05) is 6.07 Å². The third-order valence-corrected chi connectivity index (χ3v) is 4.35. The first kappa shape index (κ1) is 21.2. The molecular weight excluding hydrogens is 427 g/mol. The minimum Gasteiger partial charge on any atom is -0.457 e. The molecule has 3 aromatic rings. The maximum atomic E-state index is 13.5. The molecule has 0 unspecified atom stereocenters. The summed E-state index contributed by atoms with van der Waals surface area (Å²) in [6.07, 6.45) is -3.83. The van der Waals surface area contributed by atoms with Crippen LogP contribution in [0.25, 0.3) is 0 Å². The largest absolute Gasteiger partial charge is 0.457 e. The number of hydrogen-bond acceptors (Lipinski definition) is 5. The quantitative estimate of drug-likeness (QED) is 0.593. The van der Waals surface area contributed by atoms with Gasteiger partial charge in [-0.15, -0.1) is 0 Å². The van der Waals surface area contributed by atoms with Crippen LogP contribution in [-0.2, 0) is 19.3 Å². The molecule has 156 valence electrons. The highest BCUT2D eigenvalue weighted by Crippen LogP contribution is 2.42. The van der Waals surface area contributed by atoms with Crippen molar-refractivity contribution in [2.75, 3.05) is 0 Å². The predicted octanol–water partition coefficient (Wildman–Crippen LogP) is 2.97. The van der Waals surface area contributed by atoms with Gasteiger partial charge in [-0.05, 0) is 25.1 Å². The van der Waals surface area contributed by atoms with Crippen LogP contribution in [0, 0.1) is 11.3 Å². The number of hydrogen-bond donors (Lipinski definition) is 2. The van der Waals surface area contributed by atoms with E-state index in [0.717, 1.165) is 16.8 Å². The summed E-state index contributed by atoms with van der Waals surface area (Å²) in [7, 11) is 0. The average molecular weight is 441 g/mol. The third kappa shape index (κ3) is 4.23. The highest BCUT2D eigenvalue weighted by Gasteiger charge is 2.40. The van der Waals surface area contributed by atoms with Gasteiger partial charge < -0.3 is 9.84 Å². The molecule has 0 atom stereocenters. The Balaban J connectivity index is 2.10. The van der Waals surface area contributed by atoms with Gasteiger partial charge in [0, 0.05) is 17.6 Å². The van der Waals surface area contributed by atoms with Crippen LogP contribution in [0.15, 0.2) is 35.3 Å². The molecule has 2 N–H and O–H groups in total. The van der Waals surface area contributed by atoms with E-state index in [9.17, 15) is 23.1 Å². The molecule has 12 heteroatoms. The van der Waals surface area contributed by atoms with E-state index in [1.165, 1.54) is 22.8 Å². The van der Waals surface area contributed by atoms with Crippen LogP contribution in [0.2, 0.25) is 5.02 Å². The summed E-state index contributed by atoms with van der Waals surface area (Å²) in [5.41, 5.74) is -1.65. The van der Waals surface area contributed by atoms with Crippen LogP contribution in [0.3, 0.4) is 0 Å². The number of aromatic amines is 1. The van der Waals surface area contributed by atoms with Crippen molar-refractivity contribution >= 4 is 11.6 Å². The molecule has 2 heterocycles. The Hall–Kier alpha value is -3.52. The number of nitriles is 1. The molecule has 3 rings (SSSR count). The van der Waals surface area contributed by atoms with Crippen molar-refractivity contribution in [2.24, 2.45) is 0 Å². The summed E-state index contributed by atoms with van der Waals surface area (Å²) < 4.78 is 48.1. The summed E-state index contributed by atoms with van der Waals surface area (Å²) >= 11 is 5.87. The van der Waals surface area contributed by atoms with Crippen LogP contribution >= 0.6 is 11.6 Å². The first-order chi connectivity index (χ1) is 14.1. The van der Waals surface area contributed by atoms with E-state index in [1.54, 1.807) is 6.92 Å². The van der Waals surface area contributed by atoms with Crippen molar-refractivity contribution in [1.82, 2.24) is 14.8 Å². The van der Waals surface area contributed by atoms with Gasteiger partial charge in [0.15, 0.2) is 12.0 Å². The molecule has 0 saturated heterocycles. The molecule has 0 aliphatic heterocycles. The van der Waals surface area contributed by atoms with Gasteiger partial charge in [-0.3, -0.25) is 4.57 Å². The van der Waals surface area contributed by atoms with Crippen LogP contribution < -0.4 is 15.0 Å². The van der Waals surface area contributed by atoms with Gasteiger partial charge in [0.05, 0.1) is 11.6 Å². The number of pyridine rings is 1. The topological polar surface area (TPSA) is 108 Å². The lowest BCUT2D eigenvalue weighted by atomic mass is 10.2. The SMILES string of the molecule is CCn1c(C[n+]2ccc(C(F)(F)F)c(Oc3cc(Cl)cc(C#N)c3)c2O)n[nH]c1=O. The normalized spacial score (nSPS) is 11.3. The number of benzene rings is 1. The standard InChI is InChI=1S/C18H13ClF3N5O3/c1-2-27-14(24-25-17(27)29)9-26-4-3-13(18(20,21)22)15(16(26)28)30-12-6-10(8-23)5-11(19)7-12/h3-7H,2,9H2,1H3,(H,25,29)/p+1. The number of nitrogens with zero attached hydrogens (tertiary/aromatic N) is 4. The number of aromatic hydroxyl groups is 1. The van der Waals surface area contributed by atoms with Crippen molar-refractivity contribution in [3.05, 3.63) is 62.9 Å². The summed E-state index contributed by atoms with van der Waals surface area (Å²) in [5, 5.41) is 25.7. The van der Waals surface area contributed by atoms with E-state index in [2.05, 4.69) is 10.2 Å². The van der Waals surface area contributed by atoms with Gasteiger partial charge >= 0.3 is 17.7 Å². The highest BCUT2D eigenvalue weighted by atomic mass is 35.5. The molecule has 0 spiro atoms. The zero-order chi connectivity index (χ0) is 22.1. The van der Waals surface area contributed by atoms with Crippen LogP contribution in [-0.4, -0.2) is 19.9 Å². The number of halogens is 4. The van der Waals surface area contributed by atoms with Crippen molar-refractivity contribution in [3.8, 4) is 23.4 Å². The van der Waals surface area contributed by atoms with Gasteiger partial charge in [-0.1, -0.05) is 11.6 Å². The predicted molar refractivity (Wildman–Crippen MR) is 97.2 cm³/mol. The number of ether oxygens (including phenoxy) is 1. The first-order valence-electron chi connectivity index (χ1n) is 8.49. The maximum Gasteiger partial charge on any atom is 0.420 e. The lowest BCUT2D eigenvalue weighted by Gasteiger charge is -2.14. The molecule has 0 bridgehead atoms. The molecule has 0 aliphatic rings. The molecule has 8 nitrogen and oxygen atoms in total. The monoisotopic (exact) mass is 440 g/mol. The lowest BCUT2D eigenvalue weighted by molar-refractivity contribution is -0.695. The van der Waals surface area contributed by atoms with Gasteiger partial charge in [-0.2, -0.15) is 28.1 Å². The summed E-state index contributed by atoms with van der Waals surface area (Å²) in [5.74, 6) is -1.69. The van der Waals surface area contributed by atoms with Crippen LogP contribution in [0.1, 0.15) is 23.9 Å². The number of nitrogens with one attached hydrogen (secondary N) is 1. The fourth-order valence-electron chi connectivity index (χ4n) is 2.77. The molecule has 0 amide bonds. The Morgan fingerprint density at radius 1 is 1.40 bits per heavy atom. The van der Waals surface area contributed by atoms with E-state index in [0.29, 0.717) is 0 Å². The minimum absolute atomic E-state index is 0.0674. The molecule has 0 fully saturated rings. The van der Waals surface area contributed by atoms with E-state index >= 15 is 0 Å². The smallest absolute Gasteiger partial charge is 0.420 e. The van der Waals surface area contributed by atoms with Crippen LogP contribution in [0.4, 0.5) is 13.2 Å². The first-order valence-corrected chi connectivity index (χ1v) is 8.87. The average Bonchev–Trinajstić information content (AvgIpc) is 3.02. The Kier molecular flexibility index (Phi) is 5.71. The second-order valence-electron chi connectivity index (χ2n) is 6.09. The zero-order valence-electron chi connectivity index (χ0n) is 15.4. The van der Waals surface area contributed by atoms with Crippen LogP contribution in [0.5, 0.6) is 17.4 Å². The Bertz CT molecular complexity index is 1200. The molecule has 2 aromatic heterocycles. The maximum absolute atomic E-state index is 13.5. The number of rotatable bonds is 5. The molecule has 1 aromatic carbocycles. The number of alkyl halides is 3. The van der Waals surface area contributed by atoms with Crippen molar-refractivity contribution in [3.63, 3.8) is 0 Å². The van der Waals surface area contributed by atoms with Crippen molar-refractivity contribution in [1.29, 1.82) is 5.26 Å². The second-order valence-corrected chi connectivity index (χ2v) is 6.52. The third-order valence-electron chi connectivity index (χ3n) is 4.13. The highest BCUT2D eigenvalue weighted by molar-refractivity contribution is 6.30. The Morgan fingerprint density at radius 2 is 2.13 bits per heavy atom. The molecule has 30 heavy (non-hydrogen) atoms. The van der Waals surface area contributed by atoms with E-state index < -0.39 is 29.1 Å². The van der Waals surface area contributed by atoms with E-state index in [-0.39, 0.29) is 35.2 Å². The lowest BCUT2D eigenvalue weighted by Crippen LogP contribution is -2.37. The fourth-order valence-corrected chi connectivity index (χ4v) is 2.99. The summed E-state index contributed by atoms with van der Waals surface area (Å²) in [6.45, 7) is 1.76. The van der Waals surface area contributed by atoms with Gasteiger partial charge in [0.1, 0.15) is 11.3 Å². The Morgan fingerprint density at radius 3 is 2.77 bits per heavy atom. The molecule has 0 saturated carbocycles. The van der Waals surface area contributed by atoms with Crippen molar-refractivity contribution in [2.45, 2.75) is 26.2 Å². The molecule has 0 aliphatic carbocycles. The molecular formula is C18H14ClF3N5O3+. The summed E-state index contributed by atoms with van der Waals surface area (Å²) in [6, 6.07) is 6.25. The fraction of sp³-hybridized carbons (Fsp3) is 0.222. The number of aromatic nitrogens is 4. The van der Waals surface area contributed by atoms with E-state index in [4.69, 9.17) is 21.6 Å². The van der Waals surface area contributed by atoms with Gasteiger partial charge in [0.2, 0.25) is 6.54 Å². The van der Waals surface area contributed by atoms with Gasteiger partial charge in [0.25, 0.3) is 5.75 Å². The summed E-state index contributed by atoms with van der Waals surface area (Å²) in [4.78, 5) is 11.7. The van der Waals surface area contributed by atoms with Gasteiger partial charge in [-0.25, -0.2) is 9.89 Å². The molecule has 0 radical (unpaired) electrons. The number of H-pyrrole nitrogens is 1. The minimum atomic E-state index is -4.83. The second kappa shape index (κ2) is 8.08. The zero-order valence-corrected chi connectivity index (χ0v) is 16.1. The van der Waals surface area contributed by atoms with Crippen molar-refractivity contribution < 1.29 is 27.6 Å². The Labute approximate surface area is 172 Å².